The van der Waals surface area contributed by atoms with Crippen LogP contribution in [-0.4, -0.2) is 41.9 Å². The van der Waals surface area contributed by atoms with Gasteiger partial charge < -0.3 is 4.42 Å². The van der Waals surface area contributed by atoms with Crippen molar-refractivity contribution in [2.75, 3.05) is 12.4 Å². The number of nitrogens with zero attached hydrogens (tertiary/aromatic N) is 3. The van der Waals surface area contributed by atoms with Gasteiger partial charge in [0.25, 0.3) is 5.91 Å². The monoisotopic (exact) mass is 434 g/mol. The maximum atomic E-state index is 12.5. The van der Waals surface area contributed by atoms with E-state index in [0.717, 1.165) is 0 Å². The van der Waals surface area contributed by atoms with Gasteiger partial charge in [-0.05, 0) is 56.3 Å². The van der Waals surface area contributed by atoms with E-state index in [1.54, 1.807) is 38.1 Å². The lowest BCUT2D eigenvalue weighted by Crippen LogP contribution is -2.33. The Bertz CT molecular complexity index is 1130. The molecule has 0 aliphatic rings. The highest BCUT2D eigenvalue weighted by Gasteiger charge is 2.23. The van der Waals surface area contributed by atoms with Crippen LogP contribution in [0.15, 0.2) is 57.8 Å². The zero-order valence-corrected chi connectivity index (χ0v) is 17.5. The Hall–Kier alpha value is -2.75. The number of nitrogens with one attached hydrogen (secondary N) is 1. The van der Waals surface area contributed by atoms with Crippen LogP contribution in [0.4, 0.5) is 6.01 Å². The van der Waals surface area contributed by atoms with Crippen molar-refractivity contribution in [2.24, 2.45) is 0 Å². The molecule has 8 nitrogen and oxygen atoms in total. The zero-order valence-electron chi connectivity index (χ0n) is 16.0. The highest BCUT2D eigenvalue weighted by Crippen LogP contribution is 2.23. The standard InChI is InChI=1S/C19H19ClN4O4S/c1-12(2)24(3)29(26,27)16-9-7-13(8-10-16)17(25)21-19-23-22-18(28-19)14-5-4-6-15(20)11-14/h4-12H,1-3H3,(H,21,23,25). The molecule has 0 aliphatic carbocycles. The Kier molecular flexibility index (Phi) is 6.02. The van der Waals surface area contributed by atoms with Gasteiger partial charge in [0.05, 0.1) is 4.90 Å². The molecule has 1 aromatic heterocycles. The fourth-order valence-corrected chi connectivity index (χ4v) is 3.96. The van der Waals surface area contributed by atoms with Crippen LogP contribution >= 0.6 is 11.6 Å². The summed E-state index contributed by atoms with van der Waals surface area (Å²) in [5, 5.41) is 10.7. The Labute approximate surface area is 173 Å². The number of carbonyl (C=O) groups excluding carboxylic acids is 1. The van der Waals surface area contributed by atoms with E-state index in [1.165, 1.54) is 35.6 Å². The maximum Gasteiger partial charge on any atom is 0.322 e. The average molecular weight is 435 g/mol. The van der Waals surface area contributed by atoms with Crippen molar-refractivity contribution in [3.63, 3.8) is 0 Å². The summed E-state index contributed by atoms with van der Waals surface area (Å²) in [4.78, 5) is 12.5. The molecule has 29 heavy (non-hydrogen) atoms. The number of anilines is 1. The van der Waals surface area contributed by atoms with Crippen LogP contribution in [-0.2, 0) is 10.0 Å². The first-order valence-electron chi connectivity index (χ1n) is 8.67. The zero-order chi connectivity index (χ0) is 21.2. The van der Waals surface area contributed by atoms with Gasteiger partial charge in [0.1, 0.15) is 0 Å². The number of carbonyl (C=O) groups is 1. The van der Waals surface area contributed by atoms with E-state index in [0.29, 0.717) is 10.6 Å². The second-order valence-corrected chi connectivity index (χ2v) is 8.95. The molecule has 2 aromatic carbocycles. The third-order valence-electron chi connectivity index (χ3n) is 4.24. The quantitative estimate of drug-likeness (QED) is 0.634. The summed E-state index contributed by atoms with van der Waals surface area (Å²) < 4.78 is 31.7. The summed E-state index contributed by atoms with van der Waals surface area (Å²) in [7, 11) is -2.11. The van der Waals surface area contributed by atoms with Gasteiger partial charge in [0.15, 0.2) is 0 Å². The third kappa shape index (κ3) is 4.64. The van der Waals surface area contributed by atoms with Gasteiger partial charge in [-0.2, -0.15) is 4.31 Å². The largest absolute Gasteiger partial charge is 0.403 e. The van der Waals surface area contributed by atoms with Crippen molar-refractivity contribution in [1.29, 1.82) is 0 Å². The van der Waals surface area contributed by atoms with E-state index in [9.17, 15) is 13.2 Å². The molecule has 3 rings (SSSR count). The lowest BCUT2D eigenvalue weighted by molar-refractivity contribution is 0.102. The maximum absolute atomic E-state index is 12.5. The molecule has 0 atom stereocenters. The van der Waals surface area contributed by atoms with Gasteiger partial charge in [-0.3, -0.25) is 10.1 Å². The number of halogens is 1. The van der Waals surface area contributed by atoms with Crippen molar-refractivity contribution in [2.45, 2.75) is 24.8 Å². The highest BCUT2D eigenvalue weighted by molar-refractivity contribution is 7.89. The molecule has 0 spiro atoms. The van der Waals surface area contributed by atoms with Crippen molar-refractivity contribution in [3.8, 4) is 11.5 Å². The van der Waals surface area contributed by atoms with Crippen LogP contribution in [0.1, 0.15) is 24.2 Å². The van der Waals surface area contributed by atoms with Crippen molar-refractivity contribution in [3.05, 3.63) is 59.1 Å². The first kappa shape index (κ1) is 21.0. The number of benzene rings is 2. The second-order valence-electron chi connectivity index (χ2n) is 6.52. The average Bonchev–Trinajstić information content (AvgIpc) is 3.16. The Morgan fingerprint density at radius 2 is 1.83 bits per heavy atom. The molecule has 0 fully saturated rings. The molecular weight excluding hydrogens is 416 g/mol. The second kappa shape index (κ2) is 8.32. The summed E-state index contributed by atoms with van der Waals surface area (Å²) in [6.45, 7) is 3.56. The topological polar surface area (TPSA) is 105 Å². The summed E-state index contributed by atoms with van der Waals surface area (Å²) in [6, 6.07) is 12.2. The number of hydrogen-bond acceptors (Lipinski definition) is 6. The summed E-state index contributed by atoms with van der Waals surface area (Å²) >= 11 is 5.94. The minimum Gasteiger partial charge on any atom is -0.403 e. The van der Waals surface area contributed by atoms with Crippen LogP contribution in [0.25, 0.3) is 11.5 Å². The SMILES string of the molecule is CC(C)N(C)S(=O)(=O)c1ccc(C(=O)Nc2nnc(-c3cccc(Cl)c3)o2)cc1. The molecule has 1 amide bonds. The van der Waals surface area contributed by atoms with E-state index >= 15 is 0 Å². The summed E-state index contributed by atoms with van der Waals surface area (Å²) in [5.74, 6) is -0.298. The number of aromatic nitrogens is 2. The fourth-order valence-electron chi connectivity index (χ4n) is 2.40. The van der Waals surface area contributed by atoms with Gasteiger partial charge >= 0.3 is 6.01 Å². The molecule has 10 heteroatoms. The van der Waals surface area contributed by atoms with Crippen LogP contribution < -0.4 is 5.32 Å². The Morgan fingerprint density at radius 1 is 1.14 bits per heavy atom. The van der Waals surface area contributed by atoms with Crippen molar-refractivity contribution < 1.29 is 17.6 Å². The van der Waals surface area contributed by atoms with E-state index in [-0.39, 0.29) is 28.4 Å². The first-order valence-corrected chi connectivity index (χ1v) is 10.5. The number of rotatable bonds is 6. The molecule has 1 N–H and O–H groups in total. The van der Waals surface area contributed by atoms with Crippen LogP contribution in [0.3, 0.4) is 0 Å². The normalized spacial score (nSPS) is 11.8. The summed E-state index contributed by atoms with van der Waals surface area (Å²) in [6.07, 6.45) is 0. The number of hydrogen-bond donors (Lipinski definition) is 1. The molecule has 0 saturated carbocycles. The minimum atomic E-state index is -3.62. The first-order chi connectivity index (χ1) is 13.7. The van der Waals surface area contributed by atoms with E-state index in [4.69, 9.17) is 16.0 Å². The van der Waals surface area contributed by atoms with Crippen molar-refractivity contribution in [1.82, 2.24) is 14.5 Å². The van der Waals surface area contributed by atoms with Crippen LogP contribution in [0.5, 0.6) is 0 Å². The lowest BCUT2D eigenvalue weighted by atomic mass is 10.2. The molecule has 3 aromatic rings. The van der Waals surface area contributed by atoms with Gasteiger partial charge in [0, 0.05) is 29.2 Å². The highest BCUT2D eigenvalue weighted by atomic mass is 35.5. The Morgan fingerprint density at radius 3 is 2.45 bits per heavy atom. The van der Waals surface area contributed by atoms with Gasteiger partial charge in [0.2, 0.25) is 15.9 Å². The van der Waals surface area contributed by atoms with Crippen LogP contribution in [0.2, 0.25) is 5.02 Å². The summed E-state index contributed by atoms with van der Waals surface area (Å²) in [5.41, 5.74) is 0.869. The minimum absolute atomic E-state index is 0.0822. The molecular formula is C19H19ClN4O4S. The van der Waals surface area contributed by atoms with Gasteiger partial charge in [-0.1, -0.05) is 22.8 Å². The molecule has 0 bridgehead atoms. The molecule has 0 aliphatic heterocycles. The lowest BCUT2D eigenvalue weighted by Gasteiger charge is -2.20. The number of amides is 1. The molecule has 0 radical (unpaired) electrons. The third-order valence-corrected chi connectivity index (χ3v) is 6.52. The van der Waals surface area contributed by atoms with E-state index < -0.39 is 15.9 Å². The Balaban J connectivity index is 1.74. The van der Waals surface area contributed by atoms with Crippen molar-refractivity contribution >= 4 is 33.5 Å². The molecule has 1 heterocycles. The molecule has 0 saturated heterocycles. The molecule has 152 valence electrons. The van der Waals surface area contributed by atoms with Gasteiger partial charge in [-0.15, -0.1) is 5.10 Å². The predicted molar refractivity (Wildman–Crippen MR) is 109 cm³/mol. The number of sulfonamides is 1. The smallest absolute Gasteiger partial charge is 0.322 e. The predicted octanol–water partition coefficient (Wildman–Crippen LogP) is 3.67. The van der Waals surface area contributed by atoms with Gasteiger partial charge in [-0.25, -0.2) is 8.42 Å². The van der Waals surface area contributed by atoms with Crippen LogP contribution in [0, 0.1) is 0 Å². The van der Waals surface area contributed by atoms with E-state index in [2.05, 4.69) is 15.5 Å². The van der Waals surface area contributed by atoms with E-state index in [1.807, 2.05) is 0 Å². The fraction of sp³-hybridized carbons (Fsp3) is 0.211. The molecule has 0 unspecified atom stereocenters.